The highest BCUT2D eigenvalue weighted by Gasteiger charge is 2.67. The molecule has 7 fully saturated rings. The molecule has 6 heteroatoms. The number of hydrogen-bond acceptors (Lipinski definition) is 4. The fourth-order valence-corrected chi connectivity index (χ4v) is 12.3. The van der Waals surface area contributed by atoms with Crippen LogP contribution in [0.4, 0.5) is 0 Å². The van der Waals surface area contributed by atoms with E-state index in [9.17, 15) is 10.2 Å². The summed E-state index contributed by atoms with van der Waals surface area (Å²) in [5.74, 6) is 4.19. The first-order valence-electron chi connectivity index (χ1n) is 19.3. The second-order valence-corrected chi connectivity index (χ2v) is 18.2. The highest BCUT2D eigenvalue weighted by Crippen LogP contribution is 2.69. The van der Waals surface area contributed by atoms with E-state index in [2.05, 4.69) is 19.2 Å². The molecule has 45 heavy (non-hydrogen) atoms. The molecular formula is C39H65N3O3. The lowest BCUT2D eigenvalue weighted by molar-refractivity contribution is -0.0693. The molecule has 254 valence electrons. The molecule has 1 heterocycles. The number of hydrogen-bond donors (Lipinski definition) is 4. The number of rotatable bonds is 7. The summed E-state index contributed by atoms with van der Waals surface area (Å²) in [7, 11) is 0. The van der Waals surface area contributed by atoms with Gasteiger partial charge in [0, 0.05) is 24.4 Å². The third-order valence-electron chi connectivity index (χ3n) is 15.0. The van der Waals surface area contributed by atoms with Crippen molar-refractivity contribution in [1.82, 2.24) is 5.32 Å². The van der Waals surface area contributed by atoms with Crippen molar-refractivity contribution in [2.75, 3.05) is 6.54 Å². The zero-order chi connectivity index (χ0) is 31.5. The predicted molar refractivity (Wildman–Crippen MR) is 182 cm³/mol. The minimum atomic E-state index is -0.659. The van der Waals surface area contributed by atoms with E-state index in [1.165, 1.54) is 95.5 Å². The summed E-state index contributed by atoms with van der Waals surface area (Å²) in [5.41, 5.74) is 7.87. The molecule has 0 aromatic heterocycles. The molecule has 1 aliphatic heterocycles. The number of ether oxygens (including phenoxy) is 1. The molecule has 11 unspecified atom stereocenters. The molecule has 0 radical (unpaired) electrons. The Morgan fingerprint density at radius 1 is 0.956 bits per heavy atom. The van der Waals surface area contributed by atoms with Crippen molar-refractivity contribution in [3.8, 4) is 0 Å². The van der Waals surface area contributed by atoms with Gasteiger partial charge in [-0.25, -0.2) is 0 Å². The monoisotopic (exact) mass is 624 g/mol. The van der Waals surface area contributed by atoms with Crippen molar-refractivity contribution in [1.29, 1.82) is 0 Å². The van der Waals surface area contributed by atoms with Crippen molar-refractivity contribution >= 4 is 5.96 Å². The van der Waals surface area contributed by atoms with Crippen LogP contribution in [0.25, 0.3) is 0 Å². The van der Waals surface area contributed by atoms with E-state index < -0.39 is 5.60 Å². The fraction of sp³-hybridized carbons (Fsp3) is 0.923. The number of aliphatic imine (C=N–C) groups is 1. The molecule has 6 nitrogen and oxygen atoms in total. The molecule has 0 aromatic rings. The molecule has 0 bridgehead atoms. The third kappa shape index (κ3) is 6.52. The first-order valence-corrected chi connectivity index (χ1v) is 19.3. The maximum atomic E-state index is 11.2. The van der Waals surface area contributed by atoms with Crippen LogP contribution in [0.1, 0.15) is 149 Å². The zero-order valence-electron chi connectivity index (χ0n) is 28.7. The summed E-state index contributed by atoms with van der Waals surface area (Å²) >= 11 is 0. The van der Waals surface area contributed by atoms with Crippen LogP contribution in [0.15, 0.2) is 17.1 Å². The topological polar surface area (TPSA) is 103 Å². The van der Waals surface area contributed by atoms with E-state index >= 15 is 0 Å². The van der Waals surface area contributed by atoms with Gasteiger partial charge in [0.2, 0.25) is 0 Å². The number of nitrogens with one attached hydrogen (secondary N) is 1. The quantitative estimate of drug-likeness (QED) is 0.102. The van der Waals surface area contributed by atoms with E-state index in [1.807, 2.05) is 0 Å². The molecule has 7 aliphatic rings. The summed E-state index contributed by atoms with van der Waals surface area (Å²) in [5, 5.41) is 24.9. The average Bonchev–Trinajstić information content (AvgIpc) is 3.31. The Labute approximate surface area is 273 Å². The molecule has 0 aromatic carbocycles. The van der Waals surface area contributed by atoms with Gasteiger partial charge in [0.15, 0.2) is 5.96 Å². The zero-order valence-corrected chi connectivity index (χ0v) is 28.7. The molecular weight excluding hydrogens is 558 g/mol. The molecule has 5 N–H and O–H groups in total. The minimum absolute atomic E-state index is 0.0298. The molecule has 11 atom stereocenters. The second kappa shape index (κ2) is 12.4. The standard InChI is InChI=1S/C39H65N3O3/c1-26-21-38(18-13-27(22-38)14-19-39(44)16-7-10-31(43)23-39)34-37(3,45-34)17-15-33-32(26)24-36(33,2)29-12-11-28(20-29)25-41-35(40)42-30-8-5-4-6-9-30/h27-34,43-44H,1,4-25H2,2-3H3,(H3,40,41,42). The highest BCUT2D eigenvalue weighted by atomic mass is 16.6. The van der Waals surface area contributed by atoms with Gasteiger partial charge in [-0.05, 0) is 151 Å². The van der Waals surface area contributed by atoms with Gasteiger partial charge in [-0.3, -0.25) is 4.99 Å². The summed E-state index contributed by atoms with van der Waals surface area (Å²) < 4.78 is 6.71. The van der Waals surface area contributed by atoms with E-state index in [4.69, 9.17) is 22.0 Å². The van der Waals surface area contributed by atoms with Crippen molar-refractivity contribution in [3.05, 3.63) is 12.2 Å². The summed E-state index contributed by atoms with van der Waals surface area (Å²) in [4.78, 5) is 4.84. The van der Waals surface area contributed by atoms with Crippen molar-refractivity contribution in [2.24, 2.45) is 51.1 Å². The van der Waals surface area contributed by atoms with Gasteiger partial charge in [-0.1, -0.05) is 38.3 Å². The normalized spacial score (nSPS) is 49.0. The summed E-state index contributed by atoms with van der Waals surface area (Å²) in [6.07, 6.45) is 24.2. The van der Waals surface area contributed by atoms with E-state index in [1.54, 1.807) is 0 Å². The van der Waals surface area contributed by atoms with Crippen LogP contribution >= 0.6 is 0 Å². The minimum Gasteiger partial charge on any atom is -0.393 e. The molecule has 0 amide bonds. The maximum Gasteiger partial charge on any atom is 0.188 e. The van der Waals surface area contributed by atoms with Gasteiger partial charge in [0.05, 0.1) is 23.4 Å². The first kappa shape index (κ1) is 32.4. The van der Waals surface area contributed by atoms with Gasteiger partial charge in [0.25, 0.3) is 0 Å². The largest absolute Gasteiger partial charge is 0.393 e. The fourth-order valence-electron chi connectivity index (χ4n) is 12.3. The van der Waals surface area contributed by atoms with Gasteiger partial charge in [-0.15, -0.1) is 0 Å². The number of nitrogens with zero attached hydrogens (tertiary/aromatic N) is 1. The smallest absolute Gasteiger partial charge is 0.188 e. The molecule has 1 saturated heterocycles. The van der Waals surface area contributed by atoms with Crippen molar-refractivity contribution in [3.63, 3.8) is 0 Å². The van der Waals surface area contributed by atoms with Crippen LogP contribution in [-0.2, 0) is 4.74 Å². The Bertz CT molecular complexity index is 1120. The van der Waals surface area contributed by atoms with Gasteiger partial charge in [0.1, 0.15) is 0 Å². The Morgan fingerprint density at radius 2 is 1.78 bits per heavy atom. The molecule has 6 aliphatic carbocycles. The number of allylic oxidation sites excluding steroid dienone is 1. The highest BCUT2D eigenvalue weighted by molar-refractivity contribution is 5.78. The second-order valence-electron chi connectivity index (χ2n) is 18.2. The van der Waals surface area contributed by atoms with Gasteiger partial charge >= 0.3 is 0 Å². The Kier molecular flexibility index (Phi) is 8.94. The van der Waals surface area contributed by atoms with Crippen LogP contribution in [0.2, 0.25) is 0 Å². The molecule has 6 saturated carbocycles. The number of epoxide rings is 1. The van der Waals surface area contributed by atoms with Crippen LogP contribution in [-0.4, -0.2) is 52.2 Å². The van der Waals surface area contributed by atoms with E-state index in [0.717, 1.165) is 56.9 Å². The van der Waals surface area contributed by atoms with Crippen LogP contribution < -0.4 is 11.1 Å². The SMILES string of the molecule is C=C1CC2(CCC(CCC3(O)CCCC(O)C3)C2)C2OC2(C)CCC2C1CC2(C)C1CCC(CN=C(N)NC2CCCCC2)C1. The van der Waals surface area contributed by atoms with Crippen molar-refractivity contribution in [2.45, 2.75) is 178 Å². The first-order chi connectivity index (χ1) is 21.5. The number of aliphatic hydroxyl groups is 2. The third-order valence-corrected chi connectivity index (χ3v) is 15.0. The lowest BCUT2D eigenvalue weighted by Gasteiger charge is -2.58. The number of aliphatic hydroxyl groups excluding tert-OH is 1. The van der Waals surface area contributed by atoms with Gasteiger partial charge < -0.3 is 26.0 Å². The predicted octanol–water partition coefficient (Wildman–Crippen LogP) is 7.41. The van der Waals surface area contributed by atoms with Crippen molar-refractivity contribution < 1.29 is 14.9 Å². The maximum absolute atomic E-state index is 11.2. The van der Waals surface area contributed by atoms with Gasteiger partial charge in [-0.2, -0.15) is 0 Å². The van der Waals surface area contributed by atoms with E-state index in [-0.39, 0.29) is 17.1 Å². The molecule has 7 rings (SSSR count). The Balaban J connectivity index is 0.952. The van der Waals surface area contributed by atoms with Crippen LogP contribution in [0.3, 0.4) is 0 Å². The molecule has 1 spiro atoms. The lowest BCUT2D eigenvalue weighted by Crippen LogP contribution is -2.51. The average molecular weight is 624 g/mol. The number of fused-ring (bicyclic) bond motifs is 3. The van der Waals surface area contributed by atoms with Crippen LogP contribution in [0, 0.1) is 40.4 Å². The Morgan fingerprint density at radius 3 is 2.58 bits per heavy atom. The number of nitrogens with two attached hydrogens (primary N) is 1. The number of guanidine groups is 1. The van der Waals surface area contributed by atoms with Crippen LogP contribution in [0.5, 0.6) is 0 Å². The summed E-state index contributed by atoms with van der Waals surface area (Å²) in [6.45, 7) is 10.8. The lowest BCUT2D eigenvalue weighted by atomic mass is 9.46. The summed E-state index contributed by atoms with van der Waals surface area (Å²) in [6, 6.07) is 0.525. The Hall–Kier alpha value is -1.11. The van der Waals surface area contributed by atoms with E-state index in [0.29, 0.717) is 47.7 Å².